The lowest BCUT2D eigenvalue weighted by molar-refractivity contribution is 0.101. The standard InChI is InChI=1S/C22H31FN4O/c1-4-7-19(28)15-26-10-12-27(13-11-26)22-20(16(2)24-17(3)25-22)14-18-8-5-6-9-21(18)23/h5-6,8-9,19,28H,4,7,10-15H2,1-3H3. The van der Waals surface area contributed by atoms with Crippen LogP contribution in [0.25, 0.3) is 0 Å². The van der Waals surface area contributed by atoms with Gasteiger partial charge >= 0.3 is 0 Å². The Hall–Kier alpha value is -2.05. The van der Waals surface area contributed by atoms with Gasteiger partial charge in [-0.05, 0) is 31.9 Å². The molecular formula is C22H31FN4O. The highest BCUT2D eigenvalue weighted by atomic mass is 19.1. The normalized spacial score (nSPS) is 16.4. The van der Waals surface area contributed by atoms with Crippen LogP contribution in [-0.4, -0.2) is 58.8 Å². The molecule has 1 fully saturated rings. The number of piperazine rings is 1. The lowest BCUT2D eigenvalue weighted by atomic mass is 10.0. The highest BCUT2D eigenvalue weighted by Gasteiger charge is 2.23. The van der Waals surface area contributed by atoms with E-state index in [1.807, 2.05) is 26.0 Å². The third-order valence-electron chi connectivity index (χ3n) is 5.39. The lowest BCUT2D eigenvalue weighted by Gasteiger charge is -2.37. The molecule has 1 unspecified atom stereocenters. The molecule has 1 aromatic carbocycles. The number of halogens is 1. The largest absolute Gasteiger partial charge is 0.392 e. The van der Waals surface area contributed by atoms with Crippen molar-refractivity contribution in [3.05, 3.63) is 52.7 Å². The number of nitrogens with zero attached hydrogens (tertiary/aromatic N) is 4. The van der Waals surface area contributed by atoms with E-state index in [0.29, 0.717) is 12.0 Å². The molecule has 2 heterocycles. The molecule has 0 aliphatic carbocycles. The summed E-state index contributed by atoms with van der Waals surface area (Å²) >= 11 is 0. The van der Waals surface area contributed by atoms with E-state index in [4.69, 9.17) is 4.98 Å². The third-order valence-corrected chi connectivity index (χ3v) is 5.39. The van der Waals surface area contributed by atoms with Gasteiger partial charge < -0.3 is 10.0 Å². The Morgan fingerprint density at radius 3 is 2.50 bits per heavy atom. The molecular weight excluding hydrogens is 355 g/mol. The molecule has 3 rings (SSSR count). The van der Waals surface area contributed by atoms with Crippen LogP contribution in [0.5, 0.6) is 0 Å². The minimum Gasteiger partial charge on any atom is -0.392 e. The van der Waals surface area contributed by atoms with Crippen molar-refractivity contribution in [3.63, 3.8) is 0 Å². The predicted octanol–water partition coefficient (Wildman–Crippen LogP) is 3.11. The van der Waals surface area contributed by atoms with E-state index in [-0.39, 0.29) is 11.9 Å². The van der Waals surface area contributed by atoms with Gasteiger partial charge in [0.2, 0.25) is 0 Å². The number of aromatic nitrogens is 2. The van der Waals surface area contributed by atoms with E-state index in [1.165, 1.54) is 6.07 Å². The Labute approximate surface area is 167 Å². The number of aliphatic hydroxyl groups excluding tert-OH is 1. The summed E-state index contributed by atoms with van der Waals surface area (Å²) in [5, 5.41) is 10.1. The van der Waals surface area contributed by atoms with Gasteiger partial charge in [0.15, 0.2) is 0 Å². The van der Waals surface area contributed by atoms with Crippen LogP contribution in [0.15, 0.2) is 24.3 Å². The van der Waals surface area contributed by atoms with Gasteiger partial charge in [0, 0.05) is 50.4 Å². The number of hydrogen-bond acceptors (Lipinski definition) is 5. The van der Waals surface area contributed by atoms with E-state index >= 15 is 0 Å². The zero-order valence-electron chi connectivity index (χ0n) is 17.2. The van der Waals surface area contributed by atoms with Crippen LogP contribution in [0.2, 0.25) is 0 Å². The Morgan fingerprint density at radius 2 is 1.82 bits per heavy atom. The fraction of sp³-hybridized carbons (Fsp3) is 0.545. The molecule has 1 saturated heterocycles. The van der Waals surface area contributed by atoms with E-state index < -0.39 is 0 Å². The summed E-state index contributed by atoms with van der Waals surface area (Å²) in [6.07, 6.45) is 2.08. The Bertz CT molecular complexity index is 790. The topological polar surface area (TPSA) is 52.5 Å². The van der Waals surface area contributed by atoms with Crippen LogP contribution in [-0.2, 0) is 6.42 Å². The molecule has 5 nitrogen and oxygen atoms in total. The number of β-amino-alcohol motifs (C(OH)–C–C–N with tert-alkyl or cyclic N) is 1. The fourth-order valence-electron chi connectivity index (χ4n) is 3.88. The summed E-state index contributed by atoms with van der Waals surface area (Å²) < 4.78 is 14.2. The maximum Gasteiger partial charge on any atom is 0.136 e. The van der Waals surface area contributed by atoms with Gasteiger partial charge in [-0.1, -0.05) is 31.5 Å². The number of hydrogen-bond donors (Lipinski definition) is 1. The third kappa shape index (κ3) is 5.06. The first-order valence-electron chi connectivity index (χ1n) is 10.2. The zero-order valence-corrected chi connectivity index (χ0v) is 17.2. The van der Waals surface area contributed by atoms with Gasteiger partial charge in [0.05, 0.1) is 6.10 Å². The van der Waals surface area contributed by atoms with Crippen LogP contribution < -0.4 is 4.90 Å². The first kappa shape index (κ1) is 20.7. The quantitative estimate of drug-likeness (QED) is 0.792. The minimum absolute atomic E-state index is 0.192. The maximum atomic E-state index is 14.2. The summed E-state index contributed by atoms with van der Waals surface area (Å²) in [5.74, 6) is 1.47. The SMILES string of the molecule is CCCC(O)CN1CCN(c2nc(C)nc(C)c2Cc2ccccc2F)CC1. The van der Waals surface area contributed by atoms with E-state index in [9.17, 15) is 9.50 Å². The lowest BCUT2D eigenvalue weighted by Crippen LogP contribution is -2.49. The molecule has 1 aliphatic rings. The van der Waals surface area contributed by atoms with Crippen molar-refractivity contribution >= 4 is 5.82 Å². The molecule has 1 atom stereocenters. The van der Waals surface area contributed by atoms with E-state index in [0.717, 1.165) is 68.5 Å². The van der Waals surface area contributed by atoms with Crippen molar-refractivity contribution in [1.82, 2.24) is 14.9 Å². The first-order valence-corrected chi connectivity index (χ1v) is 10.2. The molecule has 0 bridgehead atoms. The van der Waals surface area contributed by atoms with Crippen LogP contribution >= 0.6 is 0 Å². The van der Waals surface area contributed by atoms with Gasteiger partial charge in [-0.15, -0.1) is 0 Å². The number of anilines is 1. The van der Waals surface area contributed by atoms with Crippen molar-refractivity contribution in [2.45, 2.75) is 46.1 Å². The van der Waals surface area contributed by atoms with Gasteiger partial charge in [-0.3, -0.25) is 4.90 Å². The van der Waals surface area contributed by atoms with Crippen LogP contribution in [0.3, 0.4) is 0 Å². The molecule has 2 aromatic rings. The fourth-order valence-corrected chi connectivity index (χ4v) is 3.88. The molecule has 0 amide bonds. The van der Waals surface area contributed by atoms with Gasteiger partial charge in [-0.2, -0.15) is 0 Å². The molecule has 152 valence electrons. The highest BCUT2D eigenvalue weighted by Crippen LogP contribution is 2.26. The molecule has 1 aliphatic heterocycles. The van der Waals surface area contributed by atoms with E-state index in [1.54, 1.807) is 6.07 Å². The average molecular weight is 387 g/mol. The number of aryl methyl sites for hydroxylation is 2. The molecule has 0 saturated carbocycles. The first-order chi connectivity index (χ1) is 13.5. The summed E-state index contributed by atoms with van der Waals surface area (Å²) in [6.45, 7) is 10.2. The Balaban J connectivity index is 1.76. The van der Waals surface area contributed by atoms with Gasteiger partial charge in [0.25, 0.3) is 0 Å². The molecule has 28 heavy (non-hydrogen) atoms. The second-order valence-corrected chi connectivity index (χ2v) is 7.66. The van der Waals surface area contributed by atoms with E-state index in [2.05, 4.69) is 21.7 Å². The second-order valence-electron chi connectivity index (χ2n) is 7.66. The summed E-state index contributed by atoms with van der Waals surface area (Å²) in [5.41, 5.74) is 2.57. The van der Waals surface area contributed by atoms with Gasteiger partial charge in [-0.25, -0.2) is 14.4 Å². The smallest absolute Gasteiger partial charge is 0.136 e. The zero-order chi connectivity index (χ0) is 20.1. The maximum absolute atomic E-state index is 14.2. The summed E-state index contributed by atoms with van der Waals surface area (Å²) in [6, 6.07) is 6.90. The Morgan fingerprint density at radius 1 is 1.11 bits per heavy atom. The van der Waals surface area contributed by atoms with Crippen molar-refractivity contribution in [2.24, 2.45) is 0 Å². The van der Waals surface area contributed by atoms with Crippen LogP contribution in [0, 0.1) is 19.7 Å². The molecule has 0 spiro atoms. The van der Waals surface area contributed by atoms with Crippen molar-refractivity contribution < 1.29 is 9.50 Å². The number of benzene rings is 1. The summed E-state index contributed by atoms with van der Waals surface area (Å²) in [7, 11) is 0. The highest BCUT2D eigenvalue weighted by molar-refractivity contribution is 5.51. The van der Waals surface area contributed by atoms with Crippen molar-refractivity contribution in [2.75, 3.05) is 37.6 Å². The molecule has 1 aromatic heterocycles. The second kappa shape index (κ2) is 9.43. The average Bonchev–Trinajstić information content (AvgIpc) is 2.66. The number of rotatable bonds is 7. The predicted molar refractivity (Wildman–Crippen MR) is 110 cm³/mol. The van der Waals surface area contributed by atoms with Crippen LogP contribution in [0.1, 0.15) is 42.4 Å². The minimum atomic E-state index is -0.253. The van der Waals surface area contributed by atoms with Crippen LogP contribution in [0.4, 0.5) is 10.2 Å². The molecule has 6 heteroatoms. The van der Waals surface area contributed by atoms with Gasteiger partial charge in [0.1, 0.15) is 17.5 Å². The molecule has 1 N–H and O–H groups in total. The summed E-state index contributed by atoms with van der Waals surface area (Å²) in [4.78, 5) is 13.8. The number of aliphatic hydroxyl groups is 1. The van der Waals surface area contributed by atoms with Crippen molar-refractivity contribution in [1.29, 1.82) is 0 Å². The van der Waals surface area contributed by atoms with Crippen molar-refractivity contribution in [3.8, 4) is 0 Å². The monoisotopic (exact) mass is 386 g/mol. The molecule has 0 radical (unpaired) electrons. The Kier molecular flexibility index (Phi) is 6.97.